The van der Waals surface area contributed by atoms with Gasteiger partial charge in [-0.05, 0) is 53.2 Å². The van der Waals surface area contributed by atoms with Crippen molar-refractivity contribution in [2.24, 2.45) is 0 Å². The van der Waals surface area contributed by atoms with E-state index < -0.39 is 0 Å². The molecule has 0 radical (unpaired) electrons. The van der Waals surface area contributed by atoms with Crippen molar-refractivity contribution in [3.63, 3.8) is 0 Å². The second kappa shape index (κ2) is 16.2. The number of rotatable bonds is 7. The van der Waals surface area contributed by atoms with Crippen LogP contribution in [-0.2, 0) is 26.5 Å². The molecular formula is C59H44N5OPt-3. The monoisotopic (exact) mass is 1030 g/mol. The van der Waals surface area contributed by atoms with E-state index in [1.807, 2.05) is 12.3 Å². The third-order valence-corrected chi connectivity index (χ3v) is 12.7. The van der Waals surface area contributed by atoms with Gasteiger partial charge < -0.3 is 23.7 Å². The maximum absolute atomic E-state index is 6.81. The molecule has 4 heterocycles. The number of benzene rings is 8. The first kappa shape index (κ1) is 41.3. The van der Waals surface area contributed by atoms with Crippen molar-refractivity contribution in [1.29, 1.82) is 0 Å². The molecule has 3 aromatic heterocycles. The van der Waals surface area contributed by atoms with Crippen molar-refractivity contribution in [2.45, 2.75) is 26.2 Å². The van der Waals surface area contributed by atoms with Gasteiger partial charge in [0, 0.05) is 83.6 Å². The van der Waals surface area contributed by atoms with Gasteiger partial charge in [0.25, 0.3) is 0 Å². The average molecular weight is 1030 g/mol. The molecule has 0 unspecified atom stereocenters. The van der Waals surface area contributed by atoms with Crippen LogP contribution in [-0.4, -0.2) is 21.2 Å². The van der Waals surface area contributed by atoms with Gasteiger partial charge >= 0.3 is 0 Å². The fourth-order valence-corrected chi connectivity index (χ4v) is 9.64. The molecule has 0 bridgehead atoms. The molecule has 11 aromatic rings. The Morgan fingerprint density at radius 3 is 1.85 bits per heavy atom. The van der Waals surface area contributed by atoms with Crippen molar-refractivity contribution in [3.05, 3.63) is 213 Å². The van der Waals surface area contributed by atoms with E-state index in [1.165, 1.54) is 10.8 Å². The van der Waals surface area contributed by atoms with Gasteiger partial charge in [0.05, 0.1) is 16.7 Å². The molecule has 66 heavy (non-hydrogen) atoms. The molecule has 0 N–H and O–H groups in total. The number of aromatic nitrogens is 3. The second-order valence-corrected chi connectivity index (χ2v) is 17.8. The fraction of sp³-hybridized carbons (Fsp3) is 0.0847. The Balaban J connectivity index is 0.00000481. The molecule has 0 saturated heterocycles. The van der Waals surface area contributed by atoms with Crippen molar-refractivity contribution >= 4 is 60.7 Å². The van der Waals surface area contributed by atoms with Crippen LogP contribution in [0.3, 0.4) is 0 Å². The first-order valence-corrected chi connectivity index (χ1v) is 22.1. The minimum Gasteiger partial charge on any atom is -0.509 e. The van der Waals surface area contributed by atoms with Crippen LogP contribution in [0.4, 0.5) is 17.1 Å². The number of pyridine rings is 1. The van der Waals surface area contributed by atoms with E-state index in [9.17, 15) is 0 Å². The number of ether oxygens (including phenoxy) is 1. The van der Waals surface area contributed by atoms with Gasteiger partial charge in [0.15, 0.2) is 0 Å². The normalized spacial score (nSPS) is 12.6. The summed E-state index contributed by atoms with van der Waals surface area (Å²) < 4.78 is 11.5. The summed E-state index contributed by atoms with van der Waals surface area (Å²) >= 11 is 0. The largest absolute Gasteiger partial charge is 0.509 e. The molecule has 6 nitrogen and oxygen atoms in total. The topological polar surface area (TPSA) is 38.5 Å². The van der Waals surface area contributed by atoms with Gasteiger partial charge in [0.2, 0.25) is 0 Å². The molecule has 7 heteroatoms. The molecule has 324 valence electrons. The molecule has 8 aromatic carbocycles. The third kappa shape index (κ3) is 6.87. The number of para-hydroxylation sites is 5. The van der Waals surface area contributed by atoms with Crippen molar-refractivity contribution in [2.75, 3.05) is 16.8 Å². The van der Waals surface area contributed by atoms with E-state index in [4.69, 9.17) is 9.72 Å². The molecule has 0 fully saturated rings. The van der Waals surface area contributed by atoms with Crippen LogP contribution in [0.5, 0.6) is 11.5 Å². The Kier molecular flexibility index (Phi) is 10.2. The SMILES string of the molecule is CN1[CH-]N(c2[c-]c(Oc3[c-]c4c(cc3)c3ccccc3n4-c3cc(-n4c5c(-c6ccccc6)cccc5c5cccc(-c6ccccc6)c54)ccn3)cc(C(C)(C)C)c2)c2ccccc21.[Pt]. The summed E-state index contributed by atoms with van der Waals surface area (Å²) in [4.78, 5) is 9.44. The van der Waals surface area contributed by atoms with Crippen molar-refractivity contribution in [3.8, 4) is 45.3 Å². The molecule has 0 aliphatic carbocycles. The van der Waals surface area contributed by atoms with Gasteiger partial charge in [-0.2, -0.15) is 12.7 Å². The van der Waals surface area contributed by atoms with Crippen LogP contribution < -0.4 is 14.5 Å². The van der Waals surface area contributed by atoms with Crippen molar-refractivity contribution in [1.82, 2.24) is 14.1 Å². The molecule has 0 spiro atoms. The number of fused-ring (bicyclic) bond motifs is 7. The summed E-state index contributed by atoms with van der Waals surface area (Å²) in [6.45, 7) is 8.79. The summed E-state index contributed by atoms with van der Waals surface area (Å²) in [5, 5.41) is 4.56. The molecule has 12 rings (SSSR count). The molecule has 0 amide bonds. The Labute approximate surface area is 399 Å². The van der Waals surface area contributed by atoms with E-state index in [1.54, 1.807) is 0 Å². The average Bonchev–Trinajstić information content (AvgIpc) is 3.99. The smallest absolute Gasteiger partial charge is 0.137 e. The Morgan fingerprint density at radius 2 is 1.17 bits per heavy atom. The van der Waals surface area contributed by atoms with Crippen LogP contribution in [0.2, 0.25) is 0 Å². The molecule has 0 saturated carbocycles. The summed E-state index contributed by atoms with van der Waals surface area (Å²) in [6.07, 6.45) is 1.93. The maximum Gasteiger partial charge on any atom is 0.137 e. The van der Waals surface area contributed by atoms with Crippen molar-refractivity contribution < 1.29 is 25.8 Å². The Bertz CT molecular complexity index is 3530. The summed E-state index contributed by atoms with van der Waals surface area (Å²) in [5.74, 6) is 2.00. The number of anilines is 3. The molecule has 1 aliphatic heterocycles. The molecule has 0 atom stereocenters. The first-order valence-electron chi connectivity index (χ1n) is 22.1. The molecule has 1 aliphatic rings. The zero-order valence-electron chi connectivity index (χ0n) is 36.9. The van der Waals surface area contributed by atoms with Crippen LogP contribution >= 0.6 is 0 Å². The van der Waals surface area contributed by atoms with E-state index in [-0.39, 0.29) is 26.5 Å². The quantitative estimate of drug-likeness (QED) is 0.149. The van der Waals surface area contributed by atoms with Crippen LogP contribution in [0.15, 0.2) is 188 Å². The Morgan fingerprint density at radius 1 is 0.545 bits per heavy atom. The number of nitrogens with zero attached hydrogens (tertiary/aromatic N) is 5. The van der Waals surface area contributed by atoms with Gasteiger partial charge in [-0.3, -0.25) is 0 Å². The predicted octanol–water partition coefficient (Wildman–Crippen LogP) is 15.0. The minimum absolute atomic E-state index is 0. The standard InChI is InChI=1S/C59H44N5O.Pt/c1-59(2,3)41-33-43(62-38-61(4)53-27-13-14-28-54(53)62)35-45(34-41)65-44-29-30-49-48-21-11-12-26-52(48)64(55(49)37-44)56-36-42(31-32-60-56)63-57-46(39-17-7-5-8-18-39)22-15-24-50(57)51-25-16-23-47(58(51)63)40-19-9-6-10-20-40;/h5-34,36,38H,1-4H3;/q-3;. The van der Waals surface area contributed by atoms with Gasteiger partial charge in [-0.1, -0.05) is 154 Å². The minimum atomic E-state index is -0.135. The number of hydrogen-bond donors (Lipinski definition) is 0. The predicted molar refractivity (Wildman–Crippen MR) is 268 cm³/mol. The summed E-state index contributed by atoms with van der Waals surface area (Å²) in [6, 6.07) is 71.8. The first-order chi connectivity index (χ1) is 31.8. The second-order valence-electron chi connectivity index (χ2n) is 17.8. The van der Waals surface area contributed by atoms with Crippen LogP contribution in [0, 0.1) is 18.8 Å². The van der Waals surface area contributed by atoms with Gasteiger partial charge in [-0.25, -0.2) is 4.98 Å². The van der Waals surface area contributed by atoms with Crippen LogP contribution in [0.1, 0.15) is 26.3 Å². The van der Waals surface area contributed by atoms with E-state index in [0.717, 1.165) is 89.2 Å². The van der Waals surface area contributed by atoms with E-state index in [0.29, 0.717) is 11.5 Å². The zero-order chi connectivity index (χ0) is 43.8. The molecular weight excluding hydrogens is 990 g/mol. The van der Waals surface area contributed by atoms with Gasteiger partial charge in [0.1, 0.15) is 5.82 Å². The third-order valence-electron chi connectivity index (χ3n) is 12.7. The maximum atomic E-state index is 6.81. The summed E-state index contributed by atoms with van der Waals surface area (Å²) in [5.41, 5.74) is 14.0. The zero-order valence-corrected chi connectivity index (χ0v) is 39.2. The Hall–Kier alpha value is -7.40. The fourth-order valence-electron chi connectivity index (χ4n) is 9.64. The van der Waals surface area contributed by atoms with Gasteiger partial charge in [-0.15, -0.1) is 47.0 Å². The summed E-state index contributed by atoms with van der Waals surface area (Å²) in [7, 11) is 2.07. The van der Waals surface area contributed by atoms with Crippen LogP contribution in [0.25, 0.3) is 77.4 Å². The number of hydrogen-bond acceptors (Lipinski definition) is 4. The van der Waals surface area contributed by atoms with E-state index in [2.05, 4.69) is 241 Å². The van der Waals surface area contributed by atoms with E-state index >= 15 is 0 Å².